The van der Waals surface area contributed by atoms with Gasteiger partial charge in [0.15, 0.2) is 34.3 Å². The third-order valence-corrected chi connectivity index (χ3v) is 12.0. The van der Waals surface area contributed by atoms with Crippen molar-refractivity contribution in [3.8, 4) is 51.7 Å². The Morgan fingerprint density at radius 3 is 1.14 bits per heavy atom. The van der Waals surface area contributed by atoms with E-state index < -0.39 is 35.8 Å². The summed E-state index contributed by atoms with van der Waals surface area (Å²) < 4.78 is 47.0. The number of hydrogen-bond acceptors (Lipinski definition) is 21. The van der Waals surface area contributed by atoms with Gasteiger partial charge in [-0.2, -0.15) is 0 Å². The van der Waals surface area contributed by atoms with E-state index in [2.05, 4.69) is 33.2 Å². The molecule has 0 aliphatic carbocycles. The summed E-state index contributed by atoms with van der Waals surface area (Å²) >= 11 is 0. The highest BCUT2D eigenvalue weighted by atomic mass is 16.6. The molecule has 0 spiro atoms. The number of aromatic hydroxyl groups is 2. The molecule has 0 atom stereocenters. The predicted octanol–water partition coefficient (Wildman–Crippen LogP) is 12.5. The van der Waals surface area contributed by atoms with Gasteiger partial charge in [0.2, 0.25) is 0 Å². The van der Waals surface area contributed by atoms with Crippen molar-refractivity contribution >= 4 is 68.1 Å². The highest BCUT2D eigenvalue weighted by molar-refractivity contribution is 6.03. The van der Waals surface area contributed by atoms with Crippen LogP contribution in [0.4, 0.5) is 0 Å². The first-order valence-electron chi connectivity index (χ1n) is 26.7. The Bertz CT molecular complexity index is 3920. The molecule has 21 heteroatoms. The van der Waals surface area contributed by atoms with Crippen LogP contribution in [0.2, 0.25) is 0 Å². The molecule has 0 aliphatic heterocycles. The zero-order chi connectivity index (χ0) is 63.2. The molecule has 21 nitrogen and oxygen atoms in total. The Morgan fingerprint density at radius 1 is 0.460 bits per heavy atom. The molecule has 0 bridgehead atoms. The Balaban J connectivity index is 0.000000202. The van der Waals surface area contributed by atoms with Crippen molar-refractivity contribution in [3.63, 3.8) is 0 Å². The predicted molar refractivity (Wildman–Crippen MR) is 322 cm³/mol. The second-order valence-electron chi connectivity index (χ2n) is 18.7. The van der Waals surface area contributed by atoms with E-state index in [0.29, 0.717) is 79.4 Å². The van der Waals surface area contributed by atoms with Gasteiger partial charge in [-0.05, 0) is 112 Å². The molecule has 9 rings (SSSR count). The second-order valence-corrected chi connectivity index (χ2v) is 18.7. The minimum absolute atomic E-state index is 0.0396. The summed E-state index contributed by atoms with van der Waals surface area (Å²) in [5.74, 6) is -0.833. The number of para-hydroxylation sites is 3. The lowest BCUT2D eigenvalue weighted by Gasteiger charge is -2.15. The largest absolute Gasteiger partial charge is 0.505 e. The van der Waals surface area contributed by atoms with Crippen LogP contribution in [0, 0.1) is 0 Å². The molecule has 0 saturated heterocycles. The first kappa shape index (κ1) is 65.2. The first-order chi connectivity index (χ1) is 41.8. The van der Waals surface area contributed by atoms with Crippen molar-refractivity contribution in [1.29, 1.82) is 0 Å². The number of hydrogen-bond donors (Lipinski definition) is 2. The van der Waals surface area contributed by atoms with Gasteiger partial charge in [0, 0.05) is 59.6 Å². The molecule has 2 N–H and O–H groups in total. The number of nitrogens with zero attached hydrogens (tertiary/aromatic N) is 4. The van der Waals surface area contributed by atoms with Crippen molar-refractivity contribution in [2.45, 2.75) is 53.9 Å². The zero-order valence-electron chi connectivity index (χ0n) is 49.3. The van der Waals surface area contributed by atoms with Crippen LogP contribution in [0.5, 0.6) is 51.7 Å². The highest BCUT2D eigenvalue weighted by Gasteiger charge is 2.25. The molecule has 3 heterocycles. The standard InChI is InChI=1S/C22H19NO7.C20H20N2O4.C20H17NO6.C4H8/c1-13(24)28-12-19-18-11-16(30-15-7-5-4-6-8-15)9-10-17(18)21(29-14(2)25)20(23-19)22(26)27-3;1-22(2)12-17-16-11-14(26-13-7-5-4-6-8-13)9-10-15(16)19(23)18(21-17)20(24)25-3;1-12(22)26-11-17-16-10-14(27-13-6-4-3-5-7-13)8-9-15(16)19(23)18(21-17)20(24)25-2;1-3-4-2/h4-11H,12H2,1-3H3;4-11,23H,12H2,1-3H3;3-10,23H,11H2,1-2H3;3H,1,4H2,2H3. The fourth-order valence-electron chi connectivity index (χ4n) is 8.03. The number of rotatable bonds is 17. The fraction of sp³-hybridized carbons (Fsp3) is 0.197. The highest BCUT2D eigenvalue weighted by Crippen LogP contribution is 2.38. The number of fused-ring (bicyclic) bond motifs is 3. The summed E-state index contributed by atoms with van der Waals surface area (Å²) in [6.45, 7) is 9.44. The summed E-state index contributed by atoms with van der Waals surface area (Å²) in [6.07, 6.45) is 2.96. The number of esters is 6. The molecular formula is C66H64N4O17. The van der Waals surface area contributed by atoms with Gasteiger partial charge in [0.1, 0.15) is 47.7 Å². The Labute approximate surface area is 501 Å². The maximum absolute atomic E-state index is 12.2. The van der Waals surface area contributed by atoms with Crippen LogP contribution >= 0.6 is 0 Å². The lowest BCUT2D eigenvalue weighted by Crippen LogP contribution is -2.15. The smallest absolute Gasteiger partial charge is 0.360 e. The molecule has 0 aliphatic rings. The van der Waals surface area contributed by atoms with Crippen LogP contribution in [-0.4, -0.2) is 101 Å². The van der Waals surface area contributed by atoms with E-state index in [9.17, 15) is 39.0 Å². The number of carbonyl (C=O) groups excluding carboxylic acids is 6. The van der Waals surface area contributed by atoms with E-state index in [1.807, 2.05) is 97.9 Å². The average molecular weight is 1190 g/mol. The maximum Gasteiger partial charge on any atom is 0.360 e. The summed E-state index contributed by atoms with van der Waals surface area (Å²) in [5, 5.41) is 23.9. The molecule has 0 unspecified atom stereocenters. The summed E-state index contributed by atoms with van der Waals surface area (Å²) in [6, 6.07) is 42.9. The van der Waals surface area contributed by atoms with Crippen LogP contribution in [0.15, 0.2) is 158 Å². The molecule has 0 saturated carbocycles. The fourth-order valence-corrected chi connectivity index (χ4v) is 8.03. The van der Waals surface area contributed by atoms with Crippen molar-refractivity contribution in [2.24, 2.45) is 0 Å². The topological polar surface area (TPSA) is 268 Å². The van der Waals surface area contributed by atoms with Crippen molar-refractivity contribution in [3.05, 3.63) is 192 Å². The molecule has 0 radical (unpaired) electrons. The van der Waals surface area contributed by atoms with E-state index in [0.717, 1.165) is 11.8 Å². The van der Waals surface area contributed by atoms with E-state index in [4.69, 9.17) is 37.9 Å². The summed E-state index contributed by atoms with van der Waals surface area (Å²) in [7, 11) is 7.45. The molecule has 0 fully saturated rings. The normalized spacial score (nSPS) is 10.4. The molecule has 3 aromatic heterocycles. The third kappa shape index (κ3) is 18.0. The third-order valence-electron chi connectivity index (χ3n) is 12.0. The number of pyridine rings is 3. The summed E-state index contributed by atoms with van der Waals surface area (Å²) in [4.78, 5) is 84.9. The maximum atomic E-state index is 12.2. The lowest BCUT2D eigenvalue weighted by molar-refractivity contribution is -0.143. The van der Waals surface area contributed by atoms with Gasteiger partial charge in [-0.25, -0.2) is 29.3 Å². The van der Waals surface area contributed by atoms with Gasteiger partial charge in [0.25, 0.3) is 0 Å². The Morgan fingerprint density at radius 2 is 0.793 bits per heavy atom. The molecule has 450 valence electrons. The van der Waals surface area contributed by atoms with Crippen LogP contribution in [-0.2, 0) is 57.8 Å². The van der Waals surface area contributed by atoms with Gasteiger partial charge in [-0.1, -0.05) is 67.6 Å². The first-order valence-corrected chi connectivity index (χ1v) is 26.7. The van der Waals surface area contributed by atoms with Crippen LogP contribution < -0.4 is 18.9 Å². The van der Waals surface area contributed by atoms with Crippen molar-refractivity contribution < 1.29 is 81.6 Å². The number of allylic oxidation sites excluding steroid dienone is 1. The van der Waals surface area contributed by atoms with Crippen LogP contribution in [0.1, 0.15) is 82.7 Å². The van der Waals surface area contributed by atoms with E-state index in [1.54, 1.807) is 72.8 Å². The monoisotopic (exact) mass is 1180 g/mol. The minimum Gasteiger partial charge on any atom is -0.505 e. The Kier molecular flexibility index (Phi) is 23.7. The van der Waals surface area contributed by atoms with Gasteiger partial charge in [-0.3, -0.25) is 14.4 Å². The quantitative estimate of drug-likeness (QED) is 0.0487. The number of aromatic nitrogens is 3. The zero-order valence-corrected chi connectivity index (χ0v) is 49.3. The van der Waals surface area contributed by atoms with Gasteiger partial charge < -0.3 is 57.7 Å². The van der Waals surface area contributed by atoms with E-state index >= 15 is 0 Å². The Hall–Kier alpha value is -10.9. The van der Waals surface area contributed by atoms with Gasteiger partial charge >= 0.3 is 35.8 Å². The average Bonchev–Trinajstić information content (AvgIpc) is 0.984. The van der Waals surface area contributed by atoms with Crippen LogP contribution in [0.25, 0.3) is 32.3 Å². The minimum atomic E-state index is -0.790. The number of methoxy groups -OCH3 is 3. The van der Waals surface area contributed by atoms with Gasteiger partial charge in [-0.15, -0.1) is 6.58 Å². The number of benzene rings is 6. The molecule has 0 amide bonds. The van der Waals surface area contributed by atoms with Crippen molar-refractivity contribution in [2.75, 3.05) is 35.4 Å². The van der Waals surface area contributed by atoms with E-state index in [-0.39, 0.29) is 53.2 Å². The number of ether oxygens (including phenoxy) is 9. The van der Waals surface area contributed by atoms with Crippen LogP contribution in [0.3, 0.4) is 0 Å². The lowest BCUT2D eigenvalue weighted by atomic mass is 10.1. The summed E-state index contributed by atoms with van der Waals surface area (Å²) in [5.41, 5.74) is 0.713. The van der Waals surface area contributed by atoms with Crippen molar-refractivity contribution in [1.82, 2.24) is 19.9 Å². The van der Waals surface area contributed by atoms with E-state index in [1.165, 1.54) is 42.1 Å². The SMILES string of the molecule is C=CCC.COC(=O)c1nc(CN(C)C)c2cc(Oc3ccccc3)ccc2c1O.COC(=O)c1nc(COC(C)=O)c2cc(Oc3ccccc3)ccc2c1O.COC(=O)c1nc(COC(C)=O)c2cc(Oc3ccccc3)ccc2c1OC(C)=O. The molecule has 6 aromatic carbocycles. The van der Waals surface area contributed by atoms with Gasteiger partial charge in [0.05, 0.1) is 38.4 Å². The second kappa shape index (κ2) is 31.7. The molecule has 87 heavy (non-hydrogen) atoms. The molecular weight excluding hydrogens is 1120 g/mol. The molecule has 9 aromatic rings. The number of carbonyl (C=O) groups is 6.